The number of hydrogen-bond acceptors (Lipinski definition) is 4. The molecule has 2 heterocycles. The molecule has 0 bridgehead atoms. The van der Waals surface area contributed by atoms with Gasteiger partial charge in [-0.3, -0.25) is 14.7 Å². The van der Waals surface area contributed by atoms with Gasteiger partial charge in [0.05, 0.1) is 6.04 Å². The van der Waals surface area contributed by atoms with Crippen molar-refractivity contribution in [1.29, 1.82) is 0 Å². The van der Waals surface area contributed by atoms with Crippen LogP contribution in [-0.2, 0) is 17.8 Å². The molecule has 4 nitrogen and oxygen atoms in total. The number of nitrogens with zero attached hydrogens (tertiary/aromatic N) is 2. The lowest BCUT2D eigenvalue weighted by Crippen LogP contribution is -2.43. The van der Waals surface area contributed by atoms with E-state index in [9.17, 15) is 13.6 Å². The number of amides is 1. The van der Waals surface area contributed by atoms with Crippen LogP contribution in [0.1, 0.15) is 17.5 Å². The minimum Gasteiger partial charge on any atom is -0.354 e. The Morgan fingerprint density at radius 2 is 1.81 bits per heavy atom. The Morgan fingerprint density at radius 3 is 2.56 bits per heavy atom. The zero-order valence-corrected chi connectivity index (χ0v) is 18.4. The molecule has 1 aromatic heterocycles. The maximum absolute atomic E-state index is 13.4. The summed E-state index contributed by atoms with van der Waals surface area (Å²) in [6.45, 7) is 1.87. The van der Waals surface area contributed by atoms with Gasteiger partial charge >= 0.3 is 0 Å². The lowest BCUT2D eigenvalue weighted by molar-refractivity contribution is -0.125. The van der Waals surface area contributed by atoms with Crippen LogP contribution in [0.3, 0.4) is 0 Å². The standard InChI is InChI=1S/C25H25F2N3OS/c26-20-4-6-22(7-5-20)32-23-15-24(30(17-23)16-19-8-11-28-12-9-19)25(31)29-13-10-18-2-1-3-21(27)14-18/h1-9,11-12,14,23-24H,10,13,15-17H2,(H,29,31)/t23-,24+/m1/s1. The fraction of sp³-hybridized carbons (Fsp3) is 0.280. The molecule has 0 aliphatic carbocycles. The van der Waals surface area contributed by atoms with Crippen molar-refractivity contribution in [1.82, 2.24) is 15.2 Å². The lowest BCUT2D eigenvalue weighted by Gasteiger charge is -2.23. The minimum absolute atomic E-state index is 0.0161. The van der Waals surface area contributed by atoms with Crippen molar-refractivity contribution in [2.45, 2.75) is 35.6 Å². The number of benzene rings is 2. The fourth-order valence-corrected chi connectivity index (χ4v) is 5.19. The smallest absolute Gasteiger partial charge is 0.237 e. The molecule has 166 valence electrons. The van der Waals surface area contributed by atoms with Gasteiger partial charge in [-0.1, -0.05) is 12.1 Å². The third-order valence-electron chi connectivity index (χ3n) is 5.52. The predicted molar refractivity (Wildman–Crippen MR) is 122 cm³/mol. The van der Waals surface area contributed by atoms with E-state index in [-0.39, 0.29) is 28.8 Å². The van der Waals surface area contributed by atoms with Gasteiger partial charge < -0.3 is 5.32 Å². The average molecular weight is 454 g/mol. The molecule has 32 heavy (non-hydrogen) atoms. The van der Waals surface area contributed by atoms with E-state index in [0.717, 1.165) is 22.6 Å². The Kier molecular flexibility index (Phi) is 7.50. The van der Waals surface area contributed by atoms with E-state index in [1.165, 1.54) is 24.3 Å². The van der Waals surface area contributed by atoms with E-state index in [1.54, 1.807) is 42.4 Å². The number of hydrogen-bond donors (Lipinski definition) is 1. The Bertz CT molecular complexity index is 1030. The number of pyridine rings is 1. The van der Waals surface area contributed by atoms with Gasteiger partial charge in [0.15, 0.2) is 0 Å². The third kappa shape index (κ3) is 6.14. The molecule has 2 aromatic carbocycles. The first-order valence-electron chi connectivity index (χ1n) is 10.6. The number of likely N-dealkylation sites (tertiary alicyclic amines) is 1. The van der Waals surface area contributed by atoms with Crippen molar-refractivity contribution in [3.8, 4) is 0 Å². The highest BCUT2D eigenvalue weighted by Crippen LogP contribution is 2.34. The average Bonchev–Trinajstić information content (AvgIpc) is 3.18. The van der Waals surface area contributed by atoms with E-state index in [1.807, 2.05) is 18.2 Å². The van der Waals surface area contributed by atoms with E-state index in [4.69, 9.17) is 0 Å². The van der Waals surface area contributed by atoms with Crippen molar-refractivity contribution >= 4 is 17.7 Å². The van der Waals surface area contributed by atoms with Crippen LogP contribution in [0.15, 0.2) is 78.0 Å². The molecule has 1 fully saturated rings. The summed E-state index contributed by atoms with van der Waals surface area (Å²) < 4.78 is 26.6. The second-order valence-corrected chi connectivity index (χ2v) is 9.27. The molecule has 1 N–H and O–H groups in total. The Balaban J connectivity index is 1.39. The molecule has 2 atom stereocenters. The summed E-state index contributed by atoms with van der Waals surface area (Å²) in [6.07, 6.45) is 4.79. The molecule has 0 unspecified atom stereocenters. The van der Waals surface area contributed by atoms with E-state index in [0.29, 0.717) is 25.9 Å². The molecular weight excluding hydrogens is 428 g/mol. The highest BCUT2D eigenvalue weighted by Gasteiger charge is 2.37. The number of aromatic nitrogens is 1. The van der Waals surface area contributed by atoms with Crippen molar-refractivity contribution in [3.63, 3.8) is 0 Å². The van der Waals surface area contributed by atoms with Crippen LogP contribution >= 0.6 is 11.8 Å². The zero-order valence-electron chi connectivity index (χ0n) is 17.6. The number of carbonyl (C=O) groups excluding carboxylic acids is 1. The van der Waals surface area contributed by atoms with Gasteiger partial charge in [-0.2, -0.15) is 0 Å². The van der Waals surface area contributed by atoms with E-state index < -0.39 is 0 Å². The SMILES string of the molecule is O=C(NCCc1cccc(F)c1)[C@@H]1C[C@@H](Sc2ccc(F)cc2)CN1Cc1ccncc1. The molecule has 0 saturated carbocycles. The second kappa shape index (κ2) is 10.7. The van der Waals surface area contributed by atoms with Crippen LogP contribution in [0.5, 0.6) is 0 Å². The van der Waals surface area contributed by atoms with Gasteiger partial charge in [0.1, 0.15) is 11.6 Å². The fourth-order valence-electron chi connectivity index (χ4n) is 3.96. The number of carbonyl (C=O) groups is 1. The topological polar surface area (TPSA) is 45.2 Å². The summed E-state index contributed by atoms with van der Waals surface area (Å²) in [6, 6.07) is 16.6. The summed E-state index contributed by atoms with van der Waals surface area (Å²) >= 11 is 1.68. The highest BCUT2D eigenvalue weighted by atomic mass is 32.2. The summed E-state index contributed by atoms with van der Waals surface area (Å²) in [5.41, 5.74) is 1.96. The maximum atomic E-state index is 13.4. The third-order valence-corrected chi connectivity index (χ3v) is 6.74. The first-order valence-corrected chi connectivity index (χ1v) is 11.5. The lowest BCUT2D eigenvalue weighted by atomic mass is 10.1. The number of nitrogens with one attached hydrogen (secondary N) is 1. The molecule has 0 spiro atoms. The van der Waals surface area contributed by atoms with Gasteiger partial charge in [-0.05, 0) is 72.5 Å². The minimum atomic E-state index is -0.270. The predicted octanol–water partition coefficient (Wildman–Crippen LogP) is 4.45. The van der Waals surface area contributed by atoms with Crippen molar-refractivity contribution < 1.29 is 13.6 Å². The molecule has 4 rings (SSSR count). The van der Waals surface area contributed by atoms with Crippen LogP contribution in [-0.4, -0.2) is 40.2 Å². The summed E-state index contributed by atoms with van der Waals surface area (Å²) in [5, 5.41) is 3.25. The molecule has 1 aliphatic heterocycles. The van der Waals surface area contributed by atoms with Crippen molar-refractivity contribution in [2.75, 3.05) is 13.1 Å². The van der Waals surface area contributed by atoms with Gasteiger partial charge in [-0.25, -0.2) is 8.78 Å². The van der Waals surface area contributed by atoms with Crippen molar-refractivity contribution in [3.05, 3.63) is 95.8 Å². The number of thioether (sulfide) groups is 1. The molecule has 1 aliphatic rings. The second-order valence-electron chi connectivity index (χ2n) is 7.90. The quantitative estimate of drug-likeness (QED) is 0.547. The molecule has 1 saturated heterocycles. The van der Waals surface area contributed by atoms with Crippen LogP contribution in [0, 0.1) is 11.6 Å². The van der Waals surface area contributed by atoms with Crippen LogP contribution < -0.4 is 5.32 Å². The first kappa shape index (κ1) is 22.4. The van der Waals surface area contributed by atoms with Gasteiger partial charge in [-0.15, -0.1) is 11.8 Å². The van der Waals surface area contributed by atoms with E-state index in [2.05, 4.69) is 15.2 Å². The monoisotopic (exact) mass is 453 g/mol. The molecular formula is C25H25F2N3OS. The Hall–Kier alpha value is -2.77. The normalized spacial score (nSPS) is 18.6. The van der Waals surface area contributed by atoms with Crippen molar-refractivity contribution in [2.24, 2.45) is 0 Å². The number of rotatable bonds is 8. The highest BCUT2D eigenvalue weighted by molar-refractivity contribution is 8.00. The summed E-state index contributed by atoms with van der Waals surface area (Å²) in [4.78, 5) is 20.3. The molecule has 0 radical (unpaired) electrons. The molecule has 1 amide bonds. The molecule has 7 heteroatoms. The maximum Gasteiger partial charge on any atom is 0.237 e. The van der Waals surface area contributed by atoms with Gasteiger partial charge in [0.25, 0.3) is 0 Å². The number of halogens is 2. The first-order chi connectivity index (χ1) is 15.6. The zero-order chi connectivity index (χ0) is 22.3. The summed E-state index contributed by atoms with van der Waals surface area (Å²) in [5.74, 6) is -0.540. The Labute approximate surface area is 191 Å². The van der Waals surface area contributed by atoms with Gasteiger partial charge in [0, 0.05) is 42.2 Å². The van der Waals surface area contributed by atoms with E-state index >= 15 is 0 Å². The van der Waals surface area contributed by atoms with Crippen LogP contribution in [0.2, 0.25) is 0 Å². The Morgan fingerprint density at radius 1 is 1.03 bits per heavy atom. The molecule has 3 aromatic rings. The van der Waals surface area contributed by atoms with Crippen LogP contribution in [0.25, 0.3) is 0 Å². The van der Waals surface area contributed by atoms with Gasteiger partial charge in [0.2, 0.25) is 5.91 Å². The van der Waals surface area contributed by atoms with Crippen LogP contribution in [0.4, 0.5) is 8.78 Å². The largest absolute Gasteiger partial charge is 0.354 e. The summed E-state index contributed by atoms with van der Waals surface area (Å²) in [7, 11) is 0.